The maximum Gasteiger partial charge on any atom is 0.401 e. The predicted octanol–water partition coefficient (Wildman–Crippen LogP) is 3.09. The van der Waals surface area contributed by atoms with Crippen molar-refractivity contribution in [2.45, 2.75) is 12.6 Å². The van der Waals surface area contributed by atoms with Crippen molar-refractivity contribution in [1.29, 1.82) is 0 Å². The Balaban J connectivity index is 2.53. The molecule has 1 aromatic rings. The molecular weight excluding hydrogens is 274 g/mol. The average Bonchev–Trinajstić information content (AvgIpc) is 2.36. The SMILES string of the molecule is OCCCN(C/C=C/c1ccc(F)cc1)CC(F)(F)F. The Morgan fingerprint density at radius 1 is 1.15 bits per heavy atom. The standard InChI is InChI=1S/C14H17F4NO/c15-13-6-4-12(5-7-13)3-1-8-19(9-2-10-20)11-14(16,17)18/h1,3-7,20H,2,8-11H2/b3-1+. The molecular formula is C14H17F4NO. The van der Waals surface area contributed by atoms with Crippen molar-refractivity contribution >= 4 is 6.08 Å². The molecule has 0 spiro atoms. The van der Waals surface area contributed by atoms with Gasteiger partial charge in [0.05, 0.1) is 6.54 Å². The normalized spacial score (nSPS) is 12.5. The van der Waals surface area contributed by atoms with E-state index in [2.05, 4.69) is 0 Å². The Bertz CT molecular complexity index is 414. The molecule has 0 saturated carbocycles. The fraction of sp³-hybridized carbons (Fsp3) is 0.429. The number of benzene rings is 1. The summed E-state index contributed by atoms with van der Waals surface area (Å²) in [6.45, 7) is -0.864. The van der Waals surface area contributed by atoms with Crippen LogP contribution in [0.3, 0.4) is 0 Å². The molecule has 0 amide bonds. The van der Waals surface area contributed by atoms with Crippen LogP contribution in [0.2, 0.25) is 0 Å². The molecule has 1 aromatic carbocycles. The highest BCUT2D eigenvalue weighted by molar-refractivity contribution is 5.48. The van der Waals surface area contributed by atoms with Crippen molar-refractivity contribution in [2.24, 2.45) is 0 Å². The van der Waals surface area contributed by atoms with Crippen LogP contribution in [-0.4, -0.2) is 42.4 Å². The first kappa shape index (κ1) is 16.7. The summed E-state index contributed by atoms with van der Waals surface area (Å²) in [5.74, 6) is -0.358. The highest BCUT2D eigenvalue weighted by atomic mass is 19.4. The molecule has 0 aliphatic heterocycles. The van der Waals surface area contributed by atoms with E-state index in [0.717, 1.165) is 5.56 Å². The lowest BCUT2D eigenvalue weighted by atomic mass is 10.2. The molecule has 1 N–H and O–H groups in total. The second-order valence-electron chi connectivity index (χ2n) is 4.38. The van der Waals surface area contributed by atoms with Gasteiger partial charge in [0.15, 0.2) is 0 Å². The van der Waals surface area contributed by atoms with Crippen molar-refractivity contribution in [1.82, 2.24) is 4.90 Å². The molecule has 6 heteroatoms. The summed E-state index contributed by atoms with van der Waals surface area (Å²) < 4.78 is 49.8. The average molecular weight is 291 g/mol. The fourth-order valence-corrected chi connectivity index (χ4v) is 1.69. The van der Waals surface area contributed by atoms with Crippen molar-refractivity contribution < 1.29 is 22.7 Å². The van der Waals surface area contributed by atoms with Gasteiger partial charge < -0.3 is 5.11 Å². The van der Waals surface area contributed by atoms with Crippen molar-refractivity contribution in [3.05, 3.63) is 41.7 Å². The Labute approximate surface area is 115 Å². The van der Waals surface area contributed by atoms with Gasteiger partial charge in [-0.2, -0.15) is 13.2 Å². The third-order valence-corrected chi connectivity index (χ3v) is 2.58. The van der Waals surface area contributed by atoms with Gasteiger partial charge in [-0.3, -0.25) is 4.90 Å². The van der Waals surface area contributed by atoms with E-state index in [1.54, 1.807) is 24.3 Å². The number of aliphatic hydroxyl groups excluding tert-OH is 1. The summed E-state index contributed by atoms with van der Waals surface area (Å²) in [7, 11) is 0. The van der Waals surface area contributed by atoms with Crippen molar-refractivity contribution in [2.75, 3.05) is 26.2 Å². The molecule has 20 heavy (non-hydrogen) atoms. The van der Waals surface area contributed by atoms with Gasteiger partial charge in [0.1, 0.15) is 5.82 Å². The second-order valence-corrected chi connectivity index (χ2v) is 4.38. The van der Waals surface area contributed by atoms with Crippen LogP contribution >= 0.6 is 0 Å². The van der Waals surface area contributed by atoms with Gasteiger partial charge in [-0.25, -0.2) is 4.39 Å². The zero-order valence-electron chi connectivity index (χ0n) is 10.9. The van der Waals surface area contributed by atoms with Crippen LogP contribution in [0.15, 0.2) is 30.3 Å². The van der Waals surface area contributed by atoms with Crippen LogP contribution in [0, 0.1) is 5.82 Å². The van der Waals surface area contributed by atoms with Crippen LogP contribution in [0.1, 0.15) is 12.0 Å². The lowest BCUT2D eigenvalue weighted by Crippen LogP contribution is -2.35. The zero-order valence-corrected chi connectivity index (χ0v) is 10.9. The van der Waals surface area contributed by atoms with Crippen molar-refractivity contribution in [3.8, 4) is 0 Å². The molecule has 0 unspecified atom stereocenters. The number of halogens is 4. The largest absolute Gasteiger partial charge is 0.401 e. The lowest BCUT2D eigenvalue weighted by Gasteiger charge is -2.21. The van der Waals surface area contributed by atoms with Crippen LogP contribution in [0.25, 0.3) is 6.08 Å². The van der Waals surface area contributed by atoms with E-state index in [-0.39, 0.29) is 25.5 Å². The number of hydrogen-bond donors (Lipinski definition) is 1. The molecule has 0 bridgehead atoms. The van der Waals surface area contributed by atoms with Gasteiger partial charge in [-0.05, 0) is 24.1 Å². The molecule has 0 aliphatic rings. The number of nitrogens with zero attached hydrogens (tertiary/aromatic N) is 1. The van der Waals surface area contributed by atoms with E-state index in [1.165, 1.54) is 17.0 Å². The van der Waals surface area contributed by atoms with Crippen LogP contribution in [0.5, 0.6) is 0 Å². The van der Waals surface area contributed by atoms with E-state index >= 15 is 0 Å². The molecule has 0 aliphatic carbocycles. The summed E-state index contributed by atoms with van der Waals surface area (Å²) >= 11 is 0. The smallest absolute Gasteiger partial charge is 0.396 e. The minimum Gasteiger partial charge on any atom is -0.396 e. The van der Waals surface area contributed by atoms with Crippen LogP contribution in [0.4, 0.5) is 17.6 Å². The van der Waals surface area contributed by atoms with E-state index < -0.39 is 12.7 Å². The summed E-state index contributed by atoms with van der Waals surface area (Å²) in [5.41, 5.74) is 0.723. The molecule has 0 aromatic heterocycles. The van der Waals surface area contributed by atoms with Gasteiger partial charge >= 0.3 is 6.18 Å². The molecule has 112 valence electrons. The Morgan fingerprint density at radius 3 is 2.35 bits per heavy atom. The predicted molar refractivity (Wildman–Crippen MR) is 69.6 cm³/mol. The Kier molecular flexibility index (Phi) is 6.67. The minimum absolute atomic E-state index is 0.122. The maximum absolute atomic E-state index is 12.7. The summed E-state index contributed by atoms with van der Waals surface area (Å²) in [6, 6.07) is 5.68. The van der Waals surface area contributed by atoms with E-state index in [4.69, 9.17) is 5.11 Å². The van der Waals surface area contributed by atoms with E-state index in [1.807, 2.05) is 0 Å². The monoisotopic (exact) mass is 291 g/mol. The third kappa shape index (κ3) is 7.25. The molecule has 0 heterocycles. The minimum atomic E-state index is -4.26. The Morgan fingerprint density at radius 2 is 1.80 bits per heavy atom. The highest BCUT2D eigenvalue weighted by Crippen LogP contribution is 2.16. The lowest BCUT2D eigenvalue weighted by molar-refractivity contribution is -0.145. The zero-order chi connectivity index (χ0) is 15.0. The highest BCUT2D eigenvalue weighted by Gasteiger charge is 2.29. The topological polar surface area (TPSA) is 23.5 Å². The fourth-order valence-electron chi connectivity index (χ4n) is 1.69. The number of hydrogen-bond acceptors (Lipinski definition) is 2. The molecule has 0 radical (unpaired) electrons. The van der Waals surface area contributed by atoms with Gasteiger partial charge in [-0.15, -0.1) is 0 Å². The first-order valence-electron chi connectivity index (χ1n) is 6.23. The molecule has 0 atom stereocenters. The van der Waals surface area contributed by atoms with Crippen LogP contribution < -0.4 is 0 Å². The molecule has 0 fully saturated rings. The first-order chi connectivity index (χ1) is 9.40. The molecule has 1 rings (SSSR count). The molecule has 0 saturated heterocycles. The summed E-state index contributed by atoms with van der Waals surface area (Å²) in [5, 5.41) is 8.68. The summed E-state index contributed by atoms with van der Waals surface area (Å²) in [6.07, 6.45) is -0.738. The number of aliphatic hydroxyl groups is 1. The first-order valence-corrected chi connectivity index (χ1v) is 6.23. The Hall–Kier alpha value is -1.40. The third-order valence-electron chi connectivity index (χ3n) is 2.58. The van der Waals surface area contributed by atoms with Gasteiger partial charge in [0, 0.05) is 19.7 Å². The number of rotatable bonds is 7. The second kappa shape index (κ2) is 8.01. The summed E-state index contributed by atoms with van der Waals surface area (Å²) in [4.78, 5) is 1.20. The number of alkyl halides is 3. The van der Waals surface area contributed by atoms with Crippen molar-refractivity contribution in [3.63, 3.8) is 0 Å². The molecule has 2 nitrogen and oxygen atoms in total. The van der Waals surface area contributed by atoms with Gasteiger partial charge in [0.2, 0.25) is 0 Å². The van der Waals surface area contributed by atoms with E-state index in [9.17, 15) is 17.6 Å². The van der Waals surface area contributed by atoms with Gasteiger partial charge in [-0.1, -0.05) is 24.3 Å². The maximum atomic E-state index is 12.7. The van der Waals surface area contributed by atoms with E-state index in [0.29, 0.717) is 6.42 Å². The quantitative estimate of drug-likeness (QED) is 0.780. The van der Waals surface area contributed by atoms with Crippen LogP contribution in [-0.2, 0) is 0 Å². The van der Waals surface area contributed by atoms with Gasteiger partial charge in [0.25, 0.3) is 0 Å².